The molecule has 0 heterocycles. The molecule has 0 spiro atoms. The number of hydrogen-bond acceptors (Lipinski definition) is 1. The van der Waals surface area contributed by atoms with Crippen molar-refractivity contribution in [3.63, 3.8) is 0 Å². The summed E-state index contributed by atoms with van der Waals surface area (Å²) in [4.78, 5) is 2.54. The van der Waals surface area contributed by atoms with E-state index >= 15 is 0 Å². The Balaban J connectivity index is 1.83. The highest BCUT2D eigenvalue weighted by molar-refractivity contribution is 5.14. The summed E-state index contributed by atoms with van der Waals surface area (Å²) in [6, 6.07) is 11.6. The van der Waals surface area contributed by atoms with Gasteiger partial charge in [-0.3, -0.25) is 4.90 Å². The lowest BCUT2D eigenvalue weighted by molar-refractivity contribution is 0.157. The minimum atomic E-state index is 0.804. The summed E-state index contributed by atoms with van der Waals surface area (Å²) in [5.41, 5.74) is 1.44. The van der Waals surface area contributed by atoms with Crippen molar-refractivity contribution in [2.75, 3.05) is 7.05 Å². The van der Waals surface area contributed by atoms with Crippen LogP contribution in [0.15, 0.2) is 30.3 Å². The average molecular weight is 231 g/mol. The summed E-state index contributed by atoms with van der Waals surface area (Å²) in [5.74, 6) is 0.997. The van der Waals surface area contributed by atoms with Crippen LogP contribution in [0.3, 0.4) is 0 Å². The minimum Gasteiger partial charge on any atom is -0.299 e. The van der Waals surface area contributed by atoms with Gasteiger partial charge in [0.05, 0.1) is 0 Å². The van der Waals surface area contributed by atoms with Gasteiger partial charge in [-0.05, 0) is 44.2 Å². The van der Waals surface area contributed by atoms with Crippen LogP contribution in [0.1, 0.15) is 44.6 Å². The maximum atomic E-state index is 2.54. The van der Waals surface area contributed by atoms with Gasteiger partial charge in [0.1, 0.15) is 0 Å². The van der Waals surface area contributed by atoms with Crippen molar-refractivity contribution < 1.29 is 0 Å². The van der Waals surface area contributed by atoms with Crippen molar-refractivity contribution in [3.05, 3.63) is 35.9 Å². The third kappa shape index (κ3) is 3.57. The highest BCUT2D eigenvalue weighted by Gasteiger charge is 2.22. The zero-order valence-corrected chi connectivity index (χ0v) is 11.2. The molecule has 1 aliphatic rings. The molecule has 0 N–H and O–H groups in total. The van der Waals surface area contributed by atoms with Gasteiger partial charge in [0.2, 0.25) is 0 Å². The van der Waals surface area contributed by atoms with E-state index in [0.29, 0.717) is 0 Å². The van der Waals surface area contributed by atoms with Gasteiger partial charge in [0.15, 0.2) is 0 Å². The normalized spacial score (nSPS) is 25.1. The molecule has 2 rings (SSSR count). The van der Waals surface area contributed by atoms with Crippen LogP contribution in [-0.2, 0) is 6.54 Å². The molecule has 0 bridgehead atoms. The number of hydrogen-bond donors (Lipinski definition) is 0. The molecule has 0 saturated heterocycles. The lowest BCUT2D eigenvalue weighted by Gasteiger charge is -2.34. The Morgan fingerprint density at radius 1 is 1.06 bits per heavy atom. The van der Waals surface area contributed by atoms with Gasteiger partial charge < -0.3 is 0 Å². The largest absolute Gasteiger partial charge is 0.299 e. The lowest BCUT2D eigenvalue weighted by Crippen LogP contribution is -2.34. The Bertz CT molecular complexity index is 312. The Kier molecular flexibility index (Phi) is 4.61. The first-order valence-electron chi connectivity index (χ1n) is 7.03. The molecule has 1 fully saturated rings. The lowest BCUT2D eigenvalue weighted by atomic mass is 9.84. The van der Waals surface area contributed by atoms with Crippen molar-refractivity contribution in [2.45, 2.75) is 51.6 Å². The Labute approximate surface area is 106 Å². The van der Waals surface area contributed by atoms with Gasteiger partial charge in [0.25, 0.3) is 0 Å². The van der Waals surface area contributed by atoms with E-state index in [4.69, 9.17) is 0 Å². The first-order valence-corrected chi connectivity index (χ1v) is 7.03. The summed E-state index contributed by atoms with van der Waals surface area (Å²) >= 11 is 0. The van der Waals surface area contributed by atoms with E-state index in [1.807, 2.05) is 0 Å². The highest BCUT2D eigenvalue weighted by atomic mass is 15.1. The molecule has 1 heteroatoms. The molecule has 0 radical (unpaired) electrons. The van der Waals surface area contributed by atoms with Crippen molar-refractivity contribution in [1.82, 2.24) is 4.90 Å². The van der Waals surface area contributed by atoms with Crippen molar-refractivity contribution in [2.24, 2.45) is 5.92 Å². The molecule has 0 aliphatic heterocycles. The second-order valence-electron chi connectivity index (χ2n) is 5.48. The maximum absolute atomic E-state index is 2.54. The Morgan fingerprint density at radius 2 is 1.71 bits per heavy atom. The summed E-state index contributed by atoms with van der Waals surface area (Å²) in [5, 5.41) is 0. The van der Waals surface area contributed by atoms with Gasteiger partial charge in [-0.2, -0.15) is 0 Å². The van der Waals surface area contributed by atoms with Gasteiger partial charge >= 0.3 is 0 Å². The summed E-state index contributed by atoms with van der Waals surface area (Å²) in [7, 11) is 2.28. The fraction of sp³-hybridized carbons (Fsp3) is 0.625. The fourth-order valence-corrected chi connectivity index (χ4v) is 2.99. The van der Waals surface area contributed by atoms with Crippen LogP contribution in [0, 0.1) is 5.92 Å². The first kappa shape index (κ1) is 12.6. The van der Waals surface area contributed by atoms with Crippen LogP contribution >= 0.6 is 0 Å². The topological polar surface area (TPSA) is 3.24 Å². The smallest absolute Gasteiger partial charge is 0.0233 e. The zero-order chi connectivity index (χ0) is 12.1. The zero-order valence-electron chi connectivity index (χ0n) is 11.2. The number of nitrogens with zero attached hydrogens (tertiary/aromatic N) is 1. The minimum absolute atomic E-state index is 0.804. The van der Waals surface area contributed by atoms with Crippen LogP contribution in [0.25, 0.3) is 0 Å². The van der Waals surface area contributed by atoms with Crippen LogP contribution in [0.4, 0.5) is 0 Å². The molecule has 1 aromatic carbocycles. The molecule has 0 atom stereocenters. The van der Waals surface area contributed by atoms with Crippen molar-refractivity contribution in [3.8, 4) is 0 Å². The van der Waals surface area contributed by atoms with Gasteiger partial charge in [-0.1, -0.05) is 43.7 Å². The molecule has 1 aromatic rings. The predicted octanol–water partition coefficient (Wildman–Crippen LogP) is 4.09. The standard InChI is InChI=1S/C16H25N/c1-3-14-9-11-16(12-10-14)17(2)13-15-7-5-4-6-8-15/h4-8,14,16H,3,9-13H2,1-2H3/t14-,16+. The maximum Gasteiger partial charge on any atom is 0.0233 e. The third-order valence-electron chi connectivity index (χ3n) is 4.29. The molecular weight excluding hydrogens is 206 g/mol. The van der Waals surface area contributed by atoms with E-state index in [-0.39, 0.29) is 0 Å². The van der Waals surface area contributed by atoms with Crippen LogP contribution in [-0.4, -0.2) is 18.0 Å². The fourth-order valence-electron chi connectivity index (χ4n) is 2.99. The second-order valence-corrected chi connectivity index (χ2v) is 5.48. The van der Waals surface area contributed by atoms with Crippen molar-refractivity contribution in [1.29, 1.82) is 0 Å². The highest BCUT2D eigenvalue weighted by Crippen LogP contribution is 2.29. The quantitative estimate of drug-likeness (QED) is 0.754. The summed E-state index contributed by atoms with van der Waals surface area (Å²) in [6.45, 7) is 3.43. The van der Waals surface area contributed by atoms with E-state index in [1.165, 1.54) is 37.7 Å². The first-order chi connectivity index (χ1) is 8.29. The molecule has 1 nitrogen and oxygen atoms in total. The van der Waals surface area contributed by atoms with Gasteiger partial charge in [-0.25, -0.2) is 0 Å². The Morgan fingerprint density at radius 3 is 2.29 bits per heavy atom. The average Bonchev–Trinajstić information content (AvgIpc) is 2.40. The monoisotopic (exact) mass is 231 g/mol. The summed E-state index contributed by atoms with van der Waals surface area (Å²) < 4.78 is 0. The SMILES string of the molecule is CC[C@H]1CC[C@@H](N(C)Cc2ccccc2)CC1. The Hall–Kier alpha value is -0.820. The molecule has 1 saturated carbocycles. The molecule has 0 unspecified atom stereocenters. The second kappa shape index (κ2) is 6.20. The van der Waals surface area contributed by atoms with Gasteiger partial charge in [-0.15, -0.1) is 0 Å². The van der Waals surface area contributed by atoms with E-state index in [9.17, 15) is 0 Å². The summed E-state index contributed by atoms with van der Waals surface area (Å²) in [6.07, 6.45) is 7.01. The number of benzene rings is 1. The third-order valence-corrected chi connectivity index (χ3v) is 4.29. The van der Waals surface area contributed by atoms with Gasteiger partial charge in [0, 0.05) is 12.6 Å². The van der Waals surface area contributed by atoms with Crippen LogP contribution < -0.4 is 0 Å². The molecule has 0 amide bonds. The van der Waals surface area contributed by atoms with E-state index in [0.717, 1.165) is 18.5 Å². The molecular formula is C16H25N. The molecule has 0 aromatic heterocycles. The molecule has 17 heavy (non-hydrogen) atoms. The van der Waals surface area contributed by atoms with Crippen molar-refractivity contribution >= 4 is 0 Å². The van der Waals surface area contributed by atoms with Crippen LogP contribution in [0.5, 0.6) is 0 Å². The van der Waals surface area contributed by atoms with E-state index < -0.39 is 0 Å². The molecule has 94 valence electrons. The predicted molar refractivity (Wildman–Crippen MR) is 73.9 cm³/mol. The van der Waals surface area contributed by atoms with E-state index in [2.05, 4.69) is 49.2 Å². The number of rotatable bonds is 4. The van der Waals surface area contributed by atoms with Crippen LogP contribution in [0.2, 0.25) is 0 Å². The van der Waals surface area contributed by atoms with E-state index in [1.54, 1.807) is 0 Å². The molecule has 1 aliphatic carbocycles.